The summed E-state index contributed by atoms with van der Waals surface area (Å²) >= 11 is 20.9. The van der Waals surface area contributed by atoms with Crippen LogP contribution in [-0.4, -0.2) is 31.4 Å². The monoisotopic (exact) mass is 575 g/mol. The van der Waals surface area contributed by atoms with Crippen molar-refractivity contribution in [2.24, 2.45) is 0 Å². The summed E-state index contributed by atoms with van der Waals surface area (Å²) in [5.41, 5.74) is 1.73. The Labute approximate surface area is 229 Å². The predicted molar refractivity (Wildman–Crippen MR) is 145 cm³/mol. The first-order valence-electron chi connectivity index (χ1n) is 10.5. The first kappa shape index (κ1) is 24.9. The molecule has 2 aromatic carbocycles. The van der Waals surface area contributed by atoms with Crippen LogP contribution >= 0.6 is 57.9 Å². The summed E-state index contributed by atoms with van der Waals surface area (Å²) < 4.78 is 7.35. The van der Waals surface area contributed by atoms with Crippen LogP contribution in [0.25, 0.3) is 17.3 Å². The number of halogens is 3. The Morgan fingerprint density at radius 3 is 2.61 bits per heavy atom. The Morgan fingerprint density at radius 2 is 1.86 bits per heavy atom. The molecule has 0 radical (unpaired) electrons. The summed E-state index contributed by atoms with van der Waals surface area (Å²) in [6.07, 6.45) is 3.89. The van der Waals surface area contributed by atoms with Gasteiger partial charge in [-0.25, -0.2) is 4.98 Å². The fourth-order valence-electron chi connectivity index (χ4n) is 3.34. The van der Waals surface area contributed by atoms with E-state index in [0.717, 1.165) is 16.1 Å². The number of amides is 1. The molecule has 182 valence electrons. The largest absolute Gasteiger partial charge is 0.461 e. The molecule has 0 saturated carbocycles. The molecule has 36 heavy (non-hydrogen) atoms. The SMILES string of the molecule is O=C(CSc1nnc(-c2ccco2)n1-c1ccc(Cl)cc1)Nc1ncc(Cc2ccc(Cl)cc2Cl)s1. The molecule has 0 aliphatic heterocycles. The van der Waals surface area contributed by atoms with Gasteiger partial charge in [-0.05, 0) is 54.1 Å². The highest BCUT2D eigenvalue weighted by atomic mass is 35.5. The van der Waals surface area contributed by atoms with Gasteiger partial charge in [0.1, 0.15) is 0 Å². The summed E-state index contributed by atoms with van der Waals surface area (Å²) in [5.74, 6) is 0.984. The minimum absolute atomic E-state index is 0.113. The number of hydrogen-bond donors (Lipinski definition) is 1. The summed E-state index contributed by atoms with van der Waals surface area (Å²) in [6.45, 7) is 0. The van der Waals surface area contributed by atoms with E-state index in [1.807, 2.05) is 22.8 Å². The Kier molecular flexibility index (Phi) is 7.64. The van der Waals surface area contributed by atoms with Gasteiger partial charge in [0.15, 0.2) is 16.0 Å². The fraction of sp³-hybridized carbons (Fsp3) is 0.0833. The summed E-state index contributed by atoms with van der Waals surface area (Å²) in [5, 5.41) is 14.2. The lowest BCUT2D eigenvalue weighted by Crippen LogP contribution is -2.14. The molecule has 0 atom stereocenters. The molecule has 0 saturated heterocycles. The van der Waals surface area contributed by atoms with Crippen molar-refractivity contribution in [3.05, 3.63) is 92.6 Å². The lowest BCUT2D eigenvalue weighted by Gasteiger charge is -2.09. The van der Waals surface area contributed by atoms with Crippen molar-refractivity contribution >= 4 is 68.9 Å². The van der Waals surface area contributed by atoms with E-state index in [1.54, 1.807) is 48.9 Å². The number of nitrogens with zero attached hydrogens (tertiary/aromatic N) is 4. The van der Waals surface area contributed by atoms with Crippen molar-refractivity contribution in [3.8, 4) is 17.3 Å². The van der Waals surface area contributed by atoms with Crippen molar-refractivity contribution in [2.75, 3.05) is 11.1 Å². The van der Waals surface area contributed by atoms with E-state index in [-0.39, 0.29) is 11.7 Å². The second-order valence-corrected chi connectivity index (χ2v) is 10.8. The van der Waals surface area contributed by atoms with Gasteiger partial charge in [-0.15, -0.1) is 21.5 Å². The first-order chi connectivity index (χ1) is 17.5. The van der Waals surface area contributed by atoms with Gasteiger partial charge in [0.05, 0.1) is 12.0 Å². The Bertz CT molecular complexity index is 1500. The Balaban J connectivity index is 1.27. The topological polar surface area (TPSA) is 85.8 Å². The molecule has 5 aromatic rings. The highest BCUT2D eigenvalue weighted by Gasteiger charge is 2.19. The normalized spacial score (nSPS) is 11.1. The van der Waals surface area contributed by atoms with Gasteiger partial charge in [-0.3, -0.25) is 9.36 Å². The number of thioether (sulfide) groups is 1. The van der Waals surface area contributed by atoms with E-state index in [2.05, 4.69) is 20.5 Å². The zero-order chi connectivity index (χ0) is 25.1. The molecule has 0 aliphatic rings. The summed E-state index contributed by atoms with van der Waals surface area (Å²) in [7, 11) is 0. The van der Waals surface area contributed by atoms with Crippen LogP contribution in [0.15, 0.2) is 76.6 Å². The second-order valence-electron chi connectivity index (χ2n) is 7.48. The van der Waals surface area contributed by atoms with Crippen LogP contribution in [0.5, 0.6) is 0 Å². The van der Waals surface area contributed by atoms with Crippen molar-refractivity contribution in [2.45, 2.75) is 11.6 Å². The fourth-order valence-corrected chi connectivity index (χ4v) is 5.54. The lowest BCUT2D eigenvalue weighted by molar-refractivity contribution is -0.113. The molecule has 0 spiro atoms. The maximum Gasteiger partial charge on any atom is 0.236 e. The first-order valence-corrected chi connectivity index (χ1v) is 13.5. The molecule has 1 amide bonds. The minimum atomic E-state index is -0.212. The van der Waals surface area contributed by atoms with Crippen molar-refractivity contribution in [1.29, 1.82) is 0 Å². The van der Waals surface area contributed by atoms with E-state index in [9.17, 15) is 4.79 Å². The van der Waals surface area contributed by atoms with Crippen LogP contribution in [0, 0.1) is 0 Å². The van der Waals surface area contributed by atoms with Crippen molar-refractivity contribution < 1.29 is 9.21 Å². The van der Waals surface area contributed by atoms with Crippen LogP contribution in [0.4, 0.5) is 5.13 Å². The molecule has 0 aliphatic carbocycles. The van der Waals surface area contributed by atoms with Gasteiger partial charge in [-0.2, -0.15) is 0 Å². The van der Waals surface area contributed by atoms with E-state index >= 15 is 0 Å². The molecule has 3 aromatic heterocycles. The third-order valence-electron chi connectivity index (χ3n) is 4.97. The van der Waals surface area contributed by atoms with Gasteiger partial charge in [0, 0.05) is 38.3 Å². The molecule has 3 heterocycles. The van der Waals surface area contributed by atoms with Crippen LogP contribution in [-0.2, 0) is 11.2 Å². The highest BCUT2D eigenvalue weighted by Crippen LogP contribution is 2.30. The average Bonchev–Trinajstić information content (AvgIpc) is 3.61. The number of furan rings is 1. The predicted octanol–water partition coefficient (Wildman–Crippen LogP) is 7.27. The van der Waals surface area contributed by atoms with E-state index in [0.29, 0.717) is 43.4 Å². The Morgan fingerprint density at radius 1 is 1.06 bits per heavy atom. The van der Waals surface area contributed by atoms with Gasteiger partial charge in [-0.1, -0.05) is 52.6 Å². The quantitative estimate of drug-likeness (QED) is 0.196. The molecular formula is C24H16Cl3N5O2S2. The second kappa shape index (κ2) is 11.1. The molecule has 1 N–H and O–H groups in total. The number of anilines is 1. The highest BCUT2D eigenvalue weighted by molar-refractivity contribution is 7.99. The minimum Gasteiger partial charge on any atom is -0.461 e. The van der Waals surface area contributed by atoms with Crippen LogP contribution in [0.3, 0.4) is 0 Å². The zero-order valence-corrected chi connectivity index (χ0v) is 22.2. The standard InChI is InChI=1S/C24H16Cl3N5O2S2/c25-15-5-7-17(8-6-15)32-22(20-2-1-9-34-20)30-31-24(32)35-13-21(33)29-23-28-12-18(36-23)10-14-3-4-16(26)11-19(14)27/h1-9,11-12H,10,13H2,(H,28,29,33). The van der Waals surface area contributed by atoms with Crippen LogP contribution in [0.2, 0.25) is 15.1 Å². The molecule has 7 nitrogen and oxygen atoms in total. The maximum atomic E-state index is 12.7. The molecular weight excluding hydrogens is 561 g/mol. The smallest absolute Gasteiger partial charge is 0.236 e. The number of aromatic nitrogens is 4. The number of rotatable bonds is 8. The molecule has 0 fully saturated rings. The average molecular weight is 577 g/mol. The lowest BCUT2D eigenvalue weighted by atomic mass is 10.1. The molecule has 0 bridgehead atoms. The van der Waals surface area contributed by atoms with Gasteiger partial charge in [0.25, 0.3) is 0 Å². The third kappa shape index (κ3) is 5.77. The number of hydrogen-bond acceptors (Lipinski definition) is 7. The van der Waals surface area contributed by atoms with Gasteiger partial charge in [0.2, 0.25) is 11.7 Å². The van der Waals surface area contributed by atoms with Crippen LogP contribution < -0.4 is 5.32 Å². The van der Waals surface area contributed by atoms with E-state index in [1.165, 1.54) is 23.1 Å². The third-order valence-corrected chi connectivity index (χ3v) is 7.65. The van der Waals surface area contributed by atoms with Crippen LogP contribution in [0.1, 0.15) is 10.4 Å². The van der Waals surface area contributed by atoms with E-state index < -0.39 is 0 Å². The van der Waals surface area contributed by atoms with Crippen molar-refractivity contribution in [3.63, 3.8) is 0 Å². The molecule has 12 heteroatoms. The number of carbonyl (C=O) groups is 1. The zero-order valence-electron chi connectivity index (χ0n) is 18.3. The number of thiazole rings is 1. The Hall–Kier alpha value is -2.82. The summed E-state index contributed by atoms with van der Waals surface area (Å²) in [6, 6.07) is 16.2. The maximum absolute atomic E-state index is 12.7. The number of carbonyl (C=O) groups excluding carboxylic acids is 1. The molecule has 0 unspecified atom stereocenters. The number of benzene rings is 2. The molecule has 5 rings (SSSR count). The van der Waals surface area contributed by atoms with Gasteiger partial charge >= 0.3 is 0 Å². The van der Waals surface area contributed by atoms with E-state index in [4.69, 9.17) is 39.2 Å². The van der Waals surface area contributed by atoms with Crippen molar-refractivity contribution in [1.82, 2.24) is 19.7 Å². The number of nitrogens with one attached hydrogen (secondary N) is 1. The van der Waals surface area contributed by atoms with Gasteiger partial charge < -0.3 is 9.73 Å². The summed E-state index contributed by atoms with van der Waals surface area (Å²) in [4.78, 5) is 18.0.